The van der Waals surface area contributed by atoms with Crippen LogP contribution in [-0.2, 0) is 13.5 Å². The van der Waals surface area contributed by atoms with Crippen LogP contribution in [0.15, 0.2) is 0 Å². The summed E-state index contributed by atoms with van der Waals surface area (Å²) >= 11 is 7.92. The van der Waals surface area contributed by atoms with Crippen LogP contribution < -0.4 is 29.6 Å². The first-order valence-corrected chi connectivity index (χ1v) is 1.22. The van der Waals surface area contributed by atoms with Gasteiger partial charge >= 0.3 is 29.6 Å². The molecule has 24 valence electrons. The van der Waals surface area contributed by atoms with Gasteiger partial charge in [0.05, 0.1) is 0 Å². The average Bonchev–Trinajstić information content (AvgIpc) is 0.918. The molecule has 0 fully saturated rings. The normalized spacial score (nSPS) is 1.60. The summed E-state index contributed by atoms with van der Waals surface area (Å²) in [6, 6.07) is 0. The van der Waals surface area contributed by atoms with E-state index < -0.39 is 0 Å². The Morgan fingerprint density at radius 2 is 1.20 bits per heavy atom. The third-order valence-corrected chi connectivity index (χ3v) is 0. The summed E-state index contributed by atoms with van der Waals surface area (Å²) in [5, 5.41) is 0. The topological polar surface area (TPSA) is 0 Å². The van der Waals surface area contributed by atoms with Crippen LogP contribution >= 0.6 is 24.4 Å². The van der Waals surface area contributed by atoms with Gasteiger partial charge in [-0.3, -0.25) is 0 Å². The maximum absolute atomic E-state index is 3.96. The summed E-state index contributed by atoms with van der Waals surface area (Å²) in [4.78, 5) is 0. The molecule has 0 saturated heterocycles. The second kappa shape index (κ2) is 17.6. The summed E-state index contributed by atoms with van der Waals surface area (Å²) in [5.74, 6) is 0. The van der Waals surface area contributed by atoms with Crippen molar-refractivity contribution in [3.63, 3.8) is 0 Å². The van der Waals surface area contributed by atoms with Crippen LogP contribution in [0.3, 0.4) is 0 Å². The van der Waals surface area contributed by atoms with E-state index >= 15 is 0 Å². The third kappa shape index (κ3) is 28.8. The predicted molar refractivity (Wildman–Crippen MR) is 28.9 cm³/mol. The van der Waals surface area contributed by atoms with Gasteiger partial charge in [-0.1, -0.05) is 0 Å². The van der Waals surface area contributed by atoms with E-state index in [1.807, 2.05) is 4.31 Å². The van der Waals surface area contributed by atoms with Crippen LogP contribution in [-0.4, -0.2) is 4.31 Å². The molecular weight excluding hydrogens is 131 g/mol. The molecule has 0 atom stereocenters. The molecule has 0 unspecified atom stereocenters. The molecule has 0 aliphatic heterocycles. The monoisotopic (exact) mass is 132 g/mol. The van der Waals surface area contributed by atoms with Gasteiger partial charge in [0.15, 0.2) is 0 Å². The van der Waals surface area contributed by atoms with Gasteiger partial charge in [0.2, 0.25) is 0 Å². The number of thiocarbonyl (C=S) groups is 2. The first kappa shape index (κ1) is 16.0. The largest absolute Gasteiger partial charge is 1.00 e. The summed E-state index contributed by atoms with van der Waals surface area (Å²) in [6.07, 6.45) is 0. The Labute approximate surface area is 71.1 Å². The van der Waals surface area contributed by atoms with Gasteiger partial charge in [-0.15, -0.1) is 0 Å². The van der Waals surface area contributed by atoms with E-state index in [-0.39, 0.29) is 43.1 Å². The van der Waals surface area contributed by atoms with Gasteiger partial charge in [0.25, 0.3) is 0 Å². The molecule has 0 N–H and O–H groups in total. The molecular formula is CHNaS3. The molecule has 0 bridgehead atoms. The van der Waals surface area contributed by atoms with Crippen molar-refractivity contribution in [1.82, 2.24) is 0 Å². The Kier molecular flexibility index (Phi) is 56.3. The maximum Gasteiger partial charge on any atom is 1.00 e. The van der Waals surface area contributed by atoms with E-state index in [0.29, 0.717) is 0 Å². The number of hydrogen-bond donors (Lipinski definition) is 0. The quantitative estimate of drug-likeness (QED) is 0.158. The smallest absolute Gasteiger partial charge is 0.813 e. The van der Waals surface area contributed by atoms with Crippen LogP contribution in [0.25, 0.3) is 0 Å². The van der Waals surface area contributed by atoms with Crippen molar-refractivity contribution in [2.24, 2.45) is 0 Å². The molecule has 0 spiro atoms. The minimum absolute atomic E-state index is 0. The Morgan fingerprint density at radius 3 is 1.20 bits per heavy atom. The van der Waals surface area contributed by atoms with Crippen molar-refractivity contribution in [3.05, 3.63) is 0 Å². The summed E-state index contributed by atoms with van der Waals surface area (Å²) in [7, 11) is 0. The van der Waals surface area contributed by atoms with E-state index in [4.69, 9.17) is 0 Å². The Hall–Kier alpha value is 1.57. The maximum atomic E-state index is 3.96. The Balaban J connectivity index is -0.0000000200. The van der Waals surface area contributed by atoms with Crippen LogP contribution in [0.2, 0.25) is 0 Å². The van der Waals surface area contributed by atoms with Crippen molar-refractivity contribution in [2.75, 3.05) is 0 Å². The average molecular weight is 132 g/mol. The first-order chi connectivity index (χ1) is 1.41. The van der Waals surface area contributed by atoms with Crippen LogP contribution in [0.4, 0.5) is 0 Å². The minimum Gasteiger partial charge on any atom is -0.813 e. The van der Waals surface area contributed by atoms with E-state index in [9.17, 15) is 0 Å². The zero-order valence-electron chi connectivity index (χ0n) is 2.76. The van der Waals surface area contributed by atoms with Gasteiger partial charge < -0.3 is 13.5 Å². The number of thiol groups is 1. The van der Waals surface area contributed by atoms with Crippen LogP contribution in [0, 0.1) is 0 Å². The van der Waals surface area contributed by atoms with Crippen LogP contribution in [0.5, 0.6) is 0 Å². The second-order valence-electron chi connectivity index (χ2n) is 0.0833. The molecule has 0 aromatic carbocycles. The van der Waals surface area contributed by atoms with E-state index in [1.54, 1.807) is 0 Å². The predicted octanol–water partition coefficient (Wildman–Crippen LogP) is -2.25. The van der Waals surface area contributed by atoms with E-state index in [0.717, 1.165) is 0 Å². The van der Waals surface area contributed by atoms with Gasteiger partial charge in [-0.05, 0) is 24.4 Å². The Morgan fingerprint density at radius 1 is 1.20 bits per heavy atom. The summed E-state index contributed by atoms with van der Waals surface area (Å²) in [5.41, 5.74) is 0. The van der Waals surface area contributed by atoms with Crippen molar-refractivity contribution in [2.45, 2.75) is 0 Å². The third-order valence-electron chi connectivity index (χ3n) is 0. The molecule has 5 heavy (non-hydrogen) atoms. The second-order valence-corrected chi connectivity index (χ2v) is 0.750. The fourth-order valence-electron chi connectivity index (χ4n) is 0. The zero-order valence-corrected chi connectivity index (χ0v) is 7.29. The standard InChI is InChI=1S/CS2.Na.H2S/c2-1-3;;/h;;1H2/q;+1;/p-1. The summed E-state index contributed by atoms with van der Waals surface area (Å²) < 4.78 is 1.92. The molecule has 0 rings (SSSR count). The molecule has 0 heterocycles. The molecule has 0 saturated carbocycles. The molecule has 0 aromatic heterocycles. The zero-order chi connectivity index (χ0) is 2.71. The van der Waals surface area contributed by atoms with Crippen LogP contribution in [0.1, 0.15) is 0 Å². The number of rotatable bonds is 0. The van der Waals surface area contributed by atoms with Crippen molar-refractivity contribution in [3.8, 4) is 0 Å². The van der Waals surface area contributed by atoms with Gasteiger partial charge in [0.1, 0.15) is 0 Å². The molecule has 0 aliphatic rings. The van der Waals surface area contributed by atoms with Crippen molar-refractivity contribution >= 4 is 42.2 Å². The van der Waals surface area contributed by atoms with Crippen molar-refractivity contribution < 1.29 is 29.6 Å². The van der Waals surface area contributed by atoms with E-state index in [1.165, 1.54) is 0 Å². The van der Waals surface area contributed by atoms with Gasteiger partial charge in [0, 0.05) is 4.31 Å². The first-order valence-electron chi connectivity index (χ1n) is 0.408. The molecule has 0 radical (unpaired) electrons. The van der Waals surface area contributed by atoms with Crippen molar-refractivity contribution in [1.29, 1.82) is 0 Å². The fraction of sp³-hybridized carbons (Fsp3) is 0. The van der Waals surface area contributed by atoms with Gasteiger partial charge in [-0.25, -0.2) is 0 Å². The van der Waals surface area contributed by atoms with Gasteiger partial charge in [-0.2, -0.15) is 0 Å². The summed E-state index contributed by atoms with van der Waals surface area (Å²) in [6.45, 7) is 0. The fourth-order valence-corrected chi connectivity index (χ4v) is 0. The number of hydrogen-bond acceptors (Lipinski definition) is 3. The Bertz CT molecular complexity index is 27.9. The van der Waals surface area contributed by atoms with E-state index in [2.05, 4.69) is 24.4 Å². The SMILES string of the molecule is S=C=S.[Na+].[SH-]. The minimum atomic E-state index is 0. The molecule has 0 nitrogen and oxygen atoms in total. The molecule has 0 aromatic rings. The molecule has 0 amide bonds. The molecule has 0 aliphatic carbocycles. The molecule has 4 heteroatoms.